The van der Waals surface area contributed by atoms with Crippen molar-refractivity contribution < 1.29 is 19.1 Å². The van der Waals surface area contributed by atoms with Gasteiger partial charge in [0.1, 0.15) is 5.00 Å². The summed E-state index contributed by atoms with van der Waals surface area (Å²) >= 11 is 2.90. The predicted molar refractivity (Wildman–Crippen MR) is 131 cm³/mol. The van der Waals surface area contributed by atoms with E-state index in [1.807, 2.05) is 38.1 Å². The van der Waals surface area contributed by atoms with Crippen LogP contribution in [0.15, 0.2) is 29.2 Å². The smallest absolute Gasteiger partial charge is 0.341 e. The normalized spacial score (nSPS) is 14.1. The predicted octanol–water partition coefficient (Wildman–Crippen LogP) is 5.66. The Morgan fingerprint density at radius 2 is 1.94 bits per heavy atom. The Kier molecular flexibility index (Phi) is 8.75. The molecule has 0 aliphatic heterocycles. The summed E-state index contributed by atoms with van der Waals surface area (Å²) < 4.78 is 5.02. The van der Waals surface area contributed by atoms with E-state index in [2.05, 4.69) is 10.6 Å². The van der Waals surface area contributed by atoms with Gasteiger partial charge in [0.15, 0.2) is 0 Å². The number of aryl methyl sites for hydroxylation is 1. The molecule has 1 unspecified atom stereocenters. The molecule has 0 fully saturated rings. The van der Waals surface area contributed by atoms with E-state index in [0.717, 1.165) is 54.7 Å². The topological polar surface area (TPSA) is 84.5 Å². The van der Waals surface area contributed by atoms with Crippen LogP contribution in [-0.2, 0) is 27.2 Å². The van der Waals surface area contributed by atoms with Crippen LogP contribution in [0.4, 0.5) is 10.7 Å². The molecule has 3 rings (SSSR count). The van der Waals surface area contributed by atoms with E-state index in [-0.39, 0.29) is 17.1 Å². The lowest BCUT2D eigenvalue weighted by Gasteiger charge is -2.13. The first-order valence-electron chi connectivity index (χ1n) is 11.0. The van der Waals surface area contributed by atoms with Crippen molar-refractivity contribution in [2.45, 2.75) is 68.9 Å². The summed E-state index contributed by atoms with van der Waals surface area (Å²) in [5.41, 5.74) is 2.27. The number of hydrogen-bond donors (Lipinski definition) is 2. The first-order valence-corrected chi connectivity index (χ1v) is 12.7. The number of benzene rings is 1. The Bertz CT molecular complexity index is 986. The molecule has 32 heavy (non-hydrogen) atoms. The van der Waals surface area contributed by atoms with Gasteiger partial charge in [-0.25, -0.2) is 4.79 Å². The summed E-state index contributed by atoms with van der Waals surface area (Å²) in [7, 11) is 1.37. The van der Waals surface area contributed by atoms with Gasteiger partial charge in [-0.2, -0.15) is 0 Å². The summed E-state index contributed by atoms with van der Waals surface area (Å²) in [5.74, 6) is -0.583. The van der Waals surface area contributed by atoms with E-state index in [4.69, 9.17) is 4.74 Å². The molecule has 1 atom stereocenters. The molecule has 172 valence electrons. The number of anilines is 2. The highest BCUT2D eigenvalue weighted by Crippen LogP contribution is 2.38. The van der Waals surface area contributed by atoms with Crippen LogP contribution in [-0.4, -0.2) is 30.1 Å². The Morgan fingerprint density at radius 1 is 1.16 bits per heavy atom. The molecule has 6 nitrogen and oxygen atoms in total. The van der Waals surface area contributed by atoms with Crippen LogP contribution in [0.1, 0.15) is 66.8 Å². The molecule has 0 saturated carbocycles. The number of fused-ring (bicyclic) bond motifs is 1. The number of thioether (sulfide) groups is 1. The summed E-state index contributed by atoms with van der Waals surface area (Å²) in [4.78, 5) is 39.4. The maximum absolute atomic E-state index is 13.0. The van der Waals surface area contributed by atoms with Gasteiger partial charge < -0.3 is 15.4 Å². The molecular formula is C24H30N2O4S2. The van der Waals surface area contributed by atoms with Crippen molar-refractivity contribution >= 4 is 51.6 Å². The molecule has 0 bridgehead atoms. The SMILES string of the molecule is CCCC(=O)Nc1cccc(SC(C)C(=O)Nc2sc3c(c2C(=O)OC)CCCCC3)c1. The van der Waals surface area contributed by atoms with Gasteiger partial charge >= 0.3 is 5.97 Å². The van der Waals surface area contributed by atoms with Crippen LogP contribution < -0.4 is 10.6 Å². The van der Waals surface area contributed by atoms with E-state index < -0.39 is 5.97 Å². The number of esters is 1. The molecule has 1 aromatic carbocycles. The van der Waals surface area contributed by atoms with Gasteiger partial charge in [-0.3, -0.25) is 9.59 Å². The molecule has 2 aromatic rings. The van der Waals surface area contributed by atoms with E-state index in [1.165, 1.54) is 35.1 Å². The average molecular weight is 475 g/mol. The summed E-state index contributed by atoms with van der Waals surface area (Å²) in [6.45, 7) is 3.79. The Labute approximate surface area is 197 Å². The van der Waals surface area contributed by atoms with Crippen LogP contribution >= 0.6 is 23.1 Å². The molecule has 0 saturated heterocycles. The first kappa shape index (κ1) is 24.3. The Morgan fingerprint density at radius 3 is 2.69 bits per heavy atom. The van der Waals surface area contributed by atoms with Crippen LogP contribution in [0.25, 0.3) is 0 Å². The zero-order chi connectivity index (χ0) is 23.1. The van der Waals surface area contributed by atoms with Crippen LogP contribution in [0.3, 0.4) is 0 Å². The number of rotatable bonds is 8. The molecule has 2 amide bonds. The number of nitrogens with one attached hydrogen (secondary N) is 2. The van der Waals surface area contributed by atoms with Crippen molar-refractivity contribution in [3.05, 3.63) is 40.3 Å². The standard InChI is InChI=1S/C24H30N2O4S2/c1-4-9-20(27)25-16-10-8-11-17(14-16)31-15(2)22(28)26-23-21(24(29)30-3)18-12-6-5-7-13-19(18)32-23/h8,10-11,14-15H,4-7,9,12-13H2,1-3H3,(H,25,27)(H,26,28). The summed E-state index contributed by atoms with van der Waals surface area (Å²) in [6, 6.07) is 7.48. The maximum atomic E-state index is 13.0. The minimum Gasteiger partial charge on any atom is -0.465 e. The zero-order valence-corrected chi connectivity index (χ0v) is 20.4. The van der Waals surface area contributed by atoms with Crippen molar-refractivity contribution in [2.75, 3.05) is 17.7 Å². The molecule has 1 heterocycles. The highest BCUT2D eigenvalue weighted by molar-refractivity contribution is 8.00. The lowest BCUT2D eigenvalue weighted by Crippen LogP contribution is -2.23. The van der Waals surface area contributed by atoms with Gasteiger partial charge in [0.05, 0.1) is 17.9 Å². The number of carbonyl (C=O) groups excluding carboxylic acids is 3. The fourth-order valence-corrected chi connectivity index (χ4v) is 5.92. The fourth-order valence-electron chi connectivity index (χ4n) is 3.72. The number of thiophene rings is 1. The Balaban J connectivity index is 1.71. The highest BCUT2D eigenvalue weighted by atomic mass is 32.2. The van der Waals surface area contributed by atoms with E-state index >= 15 is 0 Å². The third-order valence-electron chi connectivity index (χ3n) is 5.32. The van der Waals surface area contributed by atoms with Gasteiger partial charge in [-0.05, 0) is 62.8 Å². The molecule has 1 aliphatic carbocycles. The van der Waals surface area contributed by atoms with Gasteiger partial charge in [-0.15, -0.1) is 23.1 Å². The van der Waals surface area contributed by atoms with Crippen LogP contribution in [0, 0.1) is 0 Å². The number of carbonyl (C=O) groups is 3. The van der Waals surface area contributed by atoms with Crippen molar-refractivity contribution in [1.82, 2.24) is 0 Å². The quantitative estimate of drug-likeness (QED) is 0.293. The third kappa shape index (κ3) is 6.13. The molecule has 1 aliphatic rings. The van der Waals surface area contributed by atoms with Crippen molar-refractivity contribution in [1.29, 1.82) is 0 Å². The largest absolute Gasteiger partial charge is 0.465 e. The zero-order valence-electron chi connectivity index (χ0n) is 18.8. The number of methoxy groups -OCH3 is 1. The van der Waals surface area contributed by atoms with Crippen molar-refractivity contribution in [3.8, 4) is 0 Å². The minimum atomic E-state index is -0.393. The third-order valence-corrected chi connectivity index (χ3v) is 7.63. The lowest BCUT2D eigenvalue weighted by atomic mass is 10.1. The molecule has 2 N–H and O–H groups in total. The van der Waals surface area contributed by atoms with Gasteiger partial charge in [0.2, 0.25) is 11.8 Å². The number of ether oxygens (including phenoxy) is 1. The molecule has 8 heteroatoms. The monoisotopic (exact) mass is 474 g/mol. The van der Waals surface area contributed by atoms with Gasteiger partial charge in [0, 0.05) is 21.9 Å². The molecule has 0 spiro atoms. The Hall–Kier alpha value is -2.32. The lowest BCUT2D eigenvalue weighted by molar-refractivity contribution is -0.116. The van der Waals surface area contributed by atoms with E-state index in [1.54, 1.807) is 0 Å². The molecule has 1 aromatic heterocycles. The fraction of sp³-hybridized carbons (Fsp3) is 0.458. The average Bonchev–Trinajstić information content (AvgIpc) is 2.93. The van der Waals surface area contributed by atoms with Crippen LogP contribution in [0.2, 0.25) is 0 Å². The van der Waals surface area contributed by atoms with Gasteiger partial charge in [-0.1, -0.05) is 19.4 Å². The van der Waals surface area contributed by atoms with E-state index in [0.29, 0.717) is 17.0 Å². The highest BCUT2D eigenvalue weighted by Gasteiger charge is 2.27. The molecule has 0 radical (unpaired) electrons. The first-order chi connectivity index (χ1) is 15.4. The second kappa shape index (κ2) is 11.5. The van der Waals surface area contributed by atoms with Crippen LogP contribution in [0.5, 0.6) is 0 Å². The van der Waals surface area contributed by atoms with Crippen molar-refractivity contribution in [2.24, 2.45) is 0 Å². The second-order valence-electron chi connectivity index (χ2n) is 7.84. The maximum Gasteiger partial charge on any atom is 0.341 e. The minimum absolute atomic E-state index is 0.0201. The summed E-state index contributed by atoms with van der Waals surface area (Å²) in [6.07, 6.45) is 6.32. The van der Waals surface area contributed by atoms with E-state index in [9.17, 15) is 14.4 Å². The number of hydrogen-bond acceptors (Lipinski definition) is 6. The van der Waals surface area contributed by atoms with Gasteiger partial charge in [0.25, 0.3) is 0 Å². The number of amides is 2. The molecular weight excluding hydrogens is 444 g/mol. The van der Waals surface area contributed by atoms with Crippen molar-refractivity contribution in [3.63, 3.8) is 0 Å². The summed E-state index contributed by atoms with van der Waals surface area (Å²) in [5, 5.41) is 6.06. The second-order valence-corrected chi connectivity index (χ2v) is 10.4.